The van der Waals surface area contributed by atoms with Crippen molar-refractivity contribution >= 4 is 23.0 Å². The highest BCUT2D eigenvalue weighted by Gasteiger charge is 2.34. The molecule has 1 aromatic carbocycles. The molecular weight excluding hydrogens is 232 g/mol. The molecule has 0 aliphatic heterocycles. The van der Waals surface area contributed by atoms with Crippen LogP contribution in [-0.4, -0.2) is 5.11 Å². The molecule has 3 N–H and O–H groups in total. The predicted octanol–water partition coefficient (Wildman–Crippen LogP) is 2.50. The fourth-order valence-electron chi connectivity index (χ4n) is 0.980. The Bertz CT molecular complexity index is 389. The van der Waals surface area contributed by atoms with Crippen LogP contribution in [0.3, 0.4) is 0 Å². The Hall–Kier alpha value is -1.37. The van der Waals surface area contributed by atoms with Crippen molar-refractivity contribution < 1.29 is 17.6 Å². The Morgan fingerprint density at radius 1 is 1.33 bits per heavy atom. The largest absolute Gasteiger partial charge is 0.419 e. The van der Waals surface area contributed by atoms with Crippen LogP contribution in [0.2, 0.25) is 0 Å². The summed E-state index contributed by atoms with van der Waals surface area (Å²) >= 11 is 4.39. The zero-order valence-corrected chi connectivity index (χ0v) is 8.05. The first-order chi connectivity index (χ1) is 6.82. The molecule has 0 amide bonds. The fourth-order valence-corrected chi connectivity index (χ4v) is 1.09. The fraction of sp³-hybridized carbons (Fsp3) is 0.125. The minimum Gasteiger partial charge on any atom is -0.376 e. The van der Waals surface area contributed by atoms with Crippen LogP contribution in [-0.2, 0) is 6.18 Å². The molecule has 1 rings (SSSR count). The van der Waals surface area contributed by atoms with Crippen molar-refractivity contribution in [3.63, 3.8) is 0 Å². The van der Waals surface area contributed by atoms with Gasteiger partial charge in [0.15, 0.2) is 10.9 Å². The monoisotopic (exact) mass is 238 g/mol. The second kappa shape index (κ2) is 4.01. The van der Waals surface area contributed by atoms with Crippen molar-refractivity contribution in [3.05, 3.63) is 29.6 Å². The number of alkyl halides is 3. The molecule has 0 aliphatic rings. The summed E-state index contributed by atoms with van der Waals surface area (Å²) in [5.41, 5.74) is 3.28. The lowest BCUT2D eigenvalue weighted by atomic mass is 10.2. The summed E-state index contributed by atoms with van der Waals surface area (Å²) in [7, 11) is 0. The van der Waals surface area contributed by atoms with E-state index < -0.39 is 23.2 Å². The van der Waals surface area contributed by atoms with Crippen LogP contribution in [0, 0.1) is 5.82 Å². The van der Waals surface area contributed by atoms with Gasteiger partial charge in [0, 0.05) is 0 Å². The molecule has 82 valence electrons. The molecule has 0 radical (unpaired) electrons. The van der Waals surface area contributed by atoms with E-state index in [0.717, 1.165) is 12.1 Å². The Morgan fingerprint density at radius 3 is 2.40 bits per heavy atom. The van der Waals surface area contributed by atoms with Crippen molar-refractivity contribution in [1.29, 1.82) is 0 Å². The zero-order valence-electron chi connectivity index (χ0n) is 7.23. The number of thiocarbonyl (C=S) groups is 1. The molecule has 0 spiro atoms. The number of hydrogen-bond acceptors (Lipinski definition) is 1. The molecule has 0 aromatic heterocycles. The van der Waals surface area contributed by atoms with Gasteiger partial charge in [-0.2, -0.15) is 13.2 Å². The summed E-state index contributed by atoms with van der Waals surface area (Å²) in [5, 5.41) is 1.82. The van der Waals surface area contributed by atoms with Gasteiger partial charge in [-0.05, 0) is 24.4 Å². The second-order valence-corrected chi connectivity index (χ2v) is 3.09. The normalized spacial score (nSPS) is 11.2. The Balaban J connectivity index is 3.17. The summed E-state index contributed by atoms with van der Waals surface area (Å²) in [6, 6.07) is 2.82. The first-order valence-corrected chi connectivity index (χ1v) is 4.15. The zero-order chi connectivity index (χ0) is 11.6. The Morgan fingerprint density at radius 2 is 1.93 bits per heavy atom. The molecule has 0 saturated carbocycles. The number of nitrogens with two attached hydrogens (primary N) is 1. The van der Waals surface area contributed by atoms with Crippen LogP contribution in [0.5, 0.6) is 0 Å². The third-order valence-corrected chi connectivity index (χ3v) is 1.66. The maximum absolute atomic E-state index is 13.2. The molecule has 2 nitrogen and oxygen atoms in total. The molecule has 0 heterocycles. The van der Waals surface area contributed by atoms with Crippen LogP contribution in [0.1, 0.15) is 5.56 Å². The Kier molecular flexibility index (Phi) is 3.13. The van der Waals surface area contributed by atoms with E-state index in [0.29, 0.717) is 6.07 Å². The molecule has 0 atom stereocenters. The van der Waals surface area contributed by atoms with Crippen LogP contribution in [0.25, 0.3) is 0 Å². The minimum absolute atomic E-state index is 0.298. The molecule has 0 aliphatic carbocycles. The maximum Gasteiger partial charge on any atom is 0.419 e. The van der Waals surface area contributed by atoms with E-state index >= 15 is 0 Å². The van der Waals surface area contributed by atoms with E-state index in [4.69, 9.17) is 5.73 Å². The van der Waals surface area contributed by atoms with Crippen LogP contribution >= 0.6 is 12.2 Å². The number of halogens is 4. The third-order valence-electron chi connectivity index (χ3n) is 1.56. The number of anilines is 1. The van der Waals surface area contributed by atoms with Crippen LogP contribution in [0.4, 0.5) is 23.2 Å². The van der Waals surface area contributed by atoms with Gasteiger partial charge in [0.1, 0.15) is 0 Å². The van der Waals surface area contributed by atoms with E-state index in [1.54, 1.807) is 0 Å². The van der Waals surface area contributed by atoms with Crippen LogP contribution < -0.4 is 11.1 Å². The van der Waals surface area contributed by atoms with Crippen molar-refractivity contribution in [2.24, 2.45) is 5.73 Å². The average Bonchev–Trinajstić information content (AvgIpc) is 2.05. The van der Waals surface area contributed by atoms with Crippen molar-refractivity contribution in [1.82, 2.24) is 0 Å². The highest BCUT2D eigenvalue weighted by atomic mass is 32.1. The summed E-state index contributed by atoms with van der Waals surface area (Å²) in [6.07, 6.45) is -4.74. The SMILES string of the molecule is NC(=S)Nc1cccc(C(F)(F)F)c1F. The van der Waals surface area contributed by atoms with E-state index in [9.17, 15) is 17.6 Å². The second-order valence-electron chi connectivity index (χ2n) is 2.65. The summed E-state index contributed by atoms with van der Waals surface area (Å²) in [4.78, 5) is 0. The highest BCUT2D eigenvalue weighted by Crippen LogP contribution is 2.33. The summed E-state index contributed by atoms with van der Waals surface area (Å²) in [6.45, 7) is 0. The van der Waals surface area contributed by atoms with Gasteiger partial charge in [-0.1, -0.05) is 6.07 Å². The average molecular weight is 238 g/mol. The van der Waals surface area contributed by atoms with E-state index in [1.165, 1.54) is 0 Å². The maximum atomic E-state index is 13.2. The van der Waals surface area contributed by atoms with Gasteiger partial charge < -0.3 is 11.1 Å². The van der Waals surface area contributed by atoms with Crippen molar-refractivity contribution in [3.8, 4) is 0 Å². The lowest BCUT2D eigenvalue weighted by Gasteiger charge is -2.11. The third kappa shape index (κ3) is 2.79. The quantitative estimate of drug-likeness (QED) is 0.583. The Labute approximate surface area is 88.1 Å². The summed E-state index contributed by atoms with van der Waals surface area (Å²) < 4.78 is 49.9. The summed E-state index contributed by atoms with van der Waals surface area (Å²) in [5.74, 6) is -1.42. The number of rotatable bonds is 1. The van der Waals surface area contributed by atoms with Gasteiger partial charge in [-0.25, -0.2) is 4.39 Å². The highest BCUT2D eigenvalue weighted by molar-refractivity contribution is 7.80. The molecule has 0 saturated heterocycles. The lowest BCUT2D eigenvalue weighted by Crippen LogP contribution is -2.20. The molecule has 0 unspecified atom stereocenters. The number of nitrogens with one attached hydrogen (secondary N) is 1. The molecule has 0 bridgehead atoms. The van der Waals surface area contributed by atoms with Crippen LogP contribution in [0.15, 0.2) is 18.2 Å². The minimum atomic E-state index is -4.74. The molecular formula is C8H6F4N2S. The molecule has 0 fully saturated rings. The number of hydrogen-bond donors (Lipinski definition) is 2. The lowest BCUT2D eigenvalue weighted by molar-refractivity contribution is -0.139. The van der Waals surface area contributed by atoms with Crippen molar-refractivity contribution in [2.45, 2.75) is 6.18 Å². The van der Waals surface area contributed by atoms with Gasteiger partial charge in [0.2, 0.25) is 0 Å². The van der Waals surface area contributed by atoms with Gasteiger partial charge in [-0.15, -0.1) is 0 Å². The predicted molar refractivity (Wildman–Crippen MR) is 51.8 cm³/mol. The van der Waals surface area contributed by atoms with E-state index in [-0.39, 0.29) is 5.11 Å². The molecule has 1 aromatic rings. The van der Waals surface area contributed by atoms with Gasteiger partial charge in [0.05, 0.1) is 11.3 Å². The van der Waals surface area contributed by atoms with Crippen molar-refractivity contribution in [2.75, 3.05) is 5.32 Å². The van der Waals surface area contributed by atoms with Gasteiger partial charge in [0.25, 0.3) is 0 Å². The van der Waals surface area contributed by atoms with E-state index in [1.807, 2.05) is 0 Å². The van der Waals surface area contributed by atoms with E-state index in [2.05, 4.69) is 17.5 Å². The number of benzene rings is 1. The topological polar surface area (TPSA) is 38.0 Å². The molecule has 7 heteroatoms. The van der Waals surface area contributed by atoms with Gasteiger partial charge in [-0.3, -0.25) is 0 Å². The first kappa shape index (κ1) is 11.7. The standard InChI is InChI=1S/C8H6F4N2S/c9-6-4(8(10,11)12)2-1-3-5(6)14-7(13)15/h1-3H,(H3,13,14,15). The smallest absolute Gasteiger partial charge is 0.376 e. The van der Waals surface area contributed by atoms with Gasteiger partial charge >= 0.3 is 6.18 Å². The first-order valence-electron chi connectivity index (χ1n) is 3.74. The molecule has 15 heavy (non-hydrogen) atoms.